The van der Waals surface area contributed by atoms with E-state index in [0.717, 1.165) is 42.8 Å². The fourth-order valence-corrected chi connectivity index (χ4v) is 4.08. The molecule has 0 atom stereocenters. The highest BCUT2D eigenvalue weighted by Crippen LogP contribution is 2.28. The Labute approximate surface area is 194 Å². The van der Waals surface area contributed by atoms with E-state index in [1.807, 2.05) is 30.1 Å². The van der Waals surface area contributed by atoms with E-state index in [-0.39, 0.29) is 12.1 Å². The second kappa shape index (κ2) is 12.0. The van der Waals surface area contributed by atoms with Gasteiger partial charge >= 0.3 is 0 Å². The van der Waals surface area contributed by atoms with Crippen LogP contribution in [0.5, 0.6) is 0 Å². The molecule has 0 aromatic carbocycles. The molecule has 2 heterocycles. The van der Waals surface area contributed by atoms with Crippen LogP contribution in [0.25, 0.3) is 0 Å². The van der Waals surface area contributed by atoms with E-state index in [0.29, 0.717) is 36.1 Å². The minimum Gasteiger partial charge on any atom is -0.385 e. The van der Waals surface area contributed by atoms with Crippen LogP contribution in [0.2, 0.25) is 0 Å². The van der Waals surface area contributed by atoms with Crippen molar-refractivity contribution in [2.45, 2.75) is 33.1 Å². The van der Waals surface area contributed by atoms with Crippen molar-refractivity contribution in [2.24, 2.45) is 4.99 Å². The number of alkyl halides is 2. The van der Waals surface area contributed by atoms with E-state index in [2.05, 4.69) is 33.9 Å². The Kier molecular flexibility index (Phi) is 9.11. The monoisotopic (exact) mass is 463 g/mol. The van der Waals surface area contributed by atoms with Gasteiger partial charge < -0.3 is 20.9 Å². The van der Waals surface area contributed by atoms with Crippen molar-refractivity contribution in [3.05, 3.63) is 69.8 Å². The average molecular weight is 464 g/mol. The summed E-state index contributed by atoms with van der Waals surface area (Å²) in [5, 5.41) is 10.2. The summed E-state index contributed by atoms with van der Waals surface area (Å²) in [6.07, 6.45) is 10.9. The molecule has 0 bridgehead atoms. The number of nitrogens with one attached hydrogen (secondary N) is 3. The van der Waals surface area contributed by atoms with E-state index >= 15 is 0 Å². The van der Waals surface area contributed by atoms with E-state index in [1.165, 1.54) is 0 Å². The van der Waals surface area contributed by atoms with Crippen LogP contribution in [-0.4, -0.2) is 56.3 Å². The number of piperazine rings is 1. The Balaban J connectivity index is 1.82. The van der Waals surface area contributed by atoms with Gasteiger partial charge in [-0.2, -0.15) is 0 Å². The Morgan fingerprint density at radius 2 is 2.06 bits per heavy atom. The van der Waals surface area contributed by atoms with Crippen LogP contribution >= 0.6 is 11.6 Å². The SMILES string of the molecule is C\C=C/N=C1\C=C(CNC2=CNCC(C(F)F)=C2N2CCNCC2)C(Cl)=C\C1=C/CCC. The second-order valence-electron chi connectivity index (χ2n) is 7.81. The number of nitrogens with zero attached hydrogens (tertiary/aromatic N) is 2. The van der Waals surface area contributed by atoms with Crippen LogP contribution in [0.3, 0.4) is 0 Å². The molecule has 0 radical (unpaired) electrons. The molecule has 1 saturated heterocycles. The molecule has 3 aliphatic rings. The lowest BCUT2D eigenvalue weighted by molar-refractivity contribution is 0.177. The number of aliphatic imine (C=N–C) groups is 1. The molecule has 0 aromatic heterocycles. The summed E-state index contributed by atoms with van der Waals surface area (Å²) in [7, 11) is 0. The van der Waals surface area contributed by atoms with E-state index in [1.54, 1.807) is 12.4 Å². The summed E-state index contributed by atoms with van der Waals surface area (Å²) in [6.45, 7) is 7.55. The third-order valence-corrected chi connectivity index (χ3v) is 5.83. The molecule has 3 rings (SSSR count). The standard InChI is InChI=1S/C24H32ClF2N5/c1-3-5-6-17-12-20(25)18(13-21(17)30-7-4-2)14-31-22-16-29-15-19(24(26)27)23(22)32-10-8-28-9-11-32/h4,6-7,12-13,16,24,28-29,31H,3,5,8-11,14-15H2,1-2H3/b7-4-,17-6+,30-21+. The van der Waals surface area contributed by atoms with Crippen molar-refractivity contribution in [2.75, 3.05) is 39.3 Å². The molecule has 0 saturated carbocycles. The van der Waals surface area contributed by atoms with Gasteiger partial charge in [-0.15, -0.1) is 0 Å². The normalized spacial score (nSPS) is 22.4. The summed E-state index contributed by atoms with van der Waals surface area (Å²) in [5.74, 6) is 0. The molecule has 0 aromatic rings. The quantitative estimate of drug-likeness (QED) is 0.504. The van der Waals surface area contributed by atoms with Crippen LogP contribution in [0.4, 0.5) is 8.78 Å². The van der Waals surface area contributed by atoms with Crippen LogP contribution in [0, 0.1) is 0 Å². The van der Waals surface area contributed by atoms with Crippen molar-refractivity contribution in [1.82, 2.24) is 20.9 Å². The lowest BCUT2D eigenvalue weighted by Gasteiger charge is -2.36. The molecule has 174 valence electrons. The van der Waals surface area contributed by atoms with Crippen molar-refractivity contribution >= 4 is 17.3 Å². The fourth-order valence-electron chi connectivity index (χ4n) is 3.84. The van der Waals surface area contributed by atoms with Gasteiger partial charge in [0.05, 0.1) is 17.1 Å². The van der Waals surface area contributed by atoms with Crippen LogP contribution in [-0.2, 0) is 0 Å². The minimum atomic E-state index is -2.51. The number of dihydropyridines is 1. The average Bonchev–Trinajstić information content (AvgIpc) is 2.81. The van der Waals surface area contributed by atoms with Gasteiger partial charge in [0.15, 0.2) is 0 Å². The molecule has 1 fully saturated rings. The summed E-state index contributed by atoms with van der Waals surface area (Å²) in [6, 6.07) is 0. The molecule has 1 aliphatic carbocycles. The lowest BCUT2D eigenvalue weighted by atomic mass is 9.98. The van der Waals surface area contributed by atoms with Gasteiger partial charge in [0, 0.05) is 62.3 Å². The fraction of sp³-hybridized carbons (Fsp3) is 0.458. The molecule has 0 spiro atoms. The number of rotatable bonds is 8. The zero-order valence-corrected chi connectivity index (χ0v) is 19.5. The number of hydrogen-bond donors (Lipinski definition) is 3. The van der Waals surface area contributed by atoms with Gasteiger partial charge in [0.2, 0.25) is 0 Å². The third kappa shape index (κ3) is 6.11. The first-order valence-corrected chi connectivity index (χ1v) is 11.5. The maximum absolute atomic E-state index is 13.8. The summed E-state index contributed by atoms with van der Waals surface area (Å²) in [5.41, 5.74) is 4.10. The zero-order valence-electron chi connectivity index (χ0n) is 18.7. The molecule has 5 nitrogen and oxygen atoms in total. The number of allylic oxidation sites excluding steroid dienone is 5. The summed E-state index contributed by atoms with van der Waals surface area (Å²) < 4.78 is 27.6. The molecule has 0 unspecified atom stereocenters. The molecule has 2 aliphatic heterocycles. The Hall–Kier alpha value is -2.38. The minimum absolute atomic E-state index is 0.122. The Bertz CT molecular complexity index is 890. The highest BCUT2D eigenvalue weighted by Gasteiger charge is 2.28. The first-order valence-electron chi connectivity index (χ1n) is 11.2. The number of hydrogen-bond acceptors (Lipinski definition) is 5. The van der Waals surface area contributed by atoms with Gasteiger partial charge in [0.1, 0.15) is 0 Å². The summed E-state index contributed by atoms with van der Waals surface area (Å²) >= 11 is 6.59. The maximum Gasteiger partial charge on any atom is 0.263 e. The highest BCUT2D eigenvalue weighted by molar-refractivity contribution is 6.34. The third-order valence-electron chi connectivity index (χ3n) is 5.48. The lowest BCUT2D eigenvalue weighted by Crippen LogP contribution is -2.46. The van der Waals surface area contributed by atoms with Crippen molar-refractivity contribution < 1.29 is 8.78 Å². The number of unbranched alkanes of at least 4 members (excludes halogenated alkanes) is 1. The van der Waals surface area contributed by atoms with E-state index < -0.39 is 6.43 Å². The zero-order chi connectivity index (χ0) is 22.9. The topological polar surface area (TPSA) is 51.7 Å². The Morgan fingerprint density at radius 3 is 2.75 bits per heavy atom. The van der Waals surface area contributed by atoms with Gasteiger partial charge in [0.25, 0.3) is 6.43 Å². The van der Waals surface area contributed by atoms with Crippen molar-refractivity contribution in [3.63, 3.8) is 0 Å². The van der Waals surface area contributed by atoms with Gasteiger partial charge in [-0.3, -0.25) is 4.99 Å². The van der Waals surface area contributed by atoms with Gasteiger partial charge in [-0.25, -0.2) is 8.78 Å². The van der Waals surface area contributed by atoms with Crippen molar-refractivity contribution in [1.29, 1.82) is 0 Å². The van der Waals surface area contributed by atoms with E-state index in [9.17, 15) is 8.78 Å². The smallest absolute Gasteiger partial charge is 0.263 e. The van der Waals surface area contributed by atoms with Crippen LogP contribution < -0.4 is 16.0 Å². The van der Waals surface area contributed by atoms with Crippen LogP contribution in [0.1, 0.15) is 26.7 Å². The molecular formula is C24H32ClF2N5. The first-order chi connectivity index (χ1) is 15.5. The van der Waals surface area contributed by atoms with E-state index in [4.69, 9.17) is 11.6 Å². The maximum atomic E-state index is 13.8. The van der Waals surface area contributed by atoms with Gasteiger partial charge in [-0.1, -0.05) is 37.1 Å². The van der Waals surface area contributed by atoms with Gasteiger partial charge in [-0.05, 0) is 36.6 Å². The van der Waals surface area contributed by atoms with Crippen LogP contribution in [0.15, 0.2) is 74.8 Å². The molecular weight excluding hydrogens is 432 g/mol. The largest absolute Gasteiger partial charge is 0.385 e. The predicted octanol–water partition coefficient (Wildman–Crippen LogP) is 4.21. The second-order valence-corrected chi connectivity index (χ2v) is 8.22. The predicted molar refractivity (Wildman–Crippen MR) is 129 cm³/mol. The summed E-state index contributed by atoms with van der Waals surface area (Å²) in [4.78, 5) is 6.59. The molecule has 32 heavy (non-hydrogen) atoms. The molecule has 3 N–H and O–H groups in total. The molecule has 0 amide bonds. The Morgan fingerprint density at radius 1 is 1.28 bits per heavy atom. The molecule has 8 heteroatoms. The first kappa shape index (κ1) is 24.3. The van der Waals surface area contributed by atoms with Crippen molar-refractivity contribution in [3.8, 4) is 0 Å². The number of halogens is 3. The highest BCUT2D eigenvalue weighted by atomic mass is 35.5.